The van der Waals surface area contributed by atoms with Crippen molar-refractivity contribution in [3.05, 3.63) is 29.8 Å². The van der Waals surface area contributed by atoms with E-state index >= 15 is 0 Å². The molecule has 1 rings (SSSR count). The van der Waals surface area contributed by atoms with Gasteiger partial charge in [0.2, 0.25) is 0 Å². The van der Waals surface area contributed by atoms with Crippen LogP contribution in [0.1, 0.15) is 51.0 Å². The van der Waals surface area contributed by atoms with Gasteiger partial charge in [0.15, 0.2) is 5.92 Å². The molecule has 1 atom stereocenters. The number of nitriles is 3. The summed E-state index contributed by atoms with van der Waals surface area (Å²) in [5, 5.41) is 27.2. The molecule has 0 radical (unpaired) electrons. The molecule has 0 N–H and O–H groups in total. The summed E-state index contributed by atoms with van der Waals surface area (Å²) >= 11 is 0. The van der Waals surface area contributed by atoms with Gasteiger partial charge in [-0.05, 0) is 30.5 Å². The van der Waals surface area contributed by atoms with E-state index in [4.69, 9.17) is 10.5 Å². The molecular formula is C19H24N4. The van der Waals surface area contributed by atoms with Crippen molar-refractivity contribution in [3.8, 4) is 18.2 Å². The van der Waals surface area contributed by atoms with E-state index in [1.54, 1.807) is 0 Å². The van der Waals surface area contributed by atoms with E-state index in [0.717, 1.165) is 50.0 Å². The van der Waals surface area contributed by atoms with Gasteiger partial charge in [0.1, 0.15) is 5.92 Å². The Morgan fingerprint density at radius 1 is 0.870 bits per heavy atom. The van der Waals surface area contributed by atoms with E-state index < -0.39 is 11.8 Å². The molecule has 0 aliphatic heterocycles. The SMILES string of the molecule is CCCCN(CCCC)c1ccc(C(C#N)C(C#N)C#N)cc1. The van der Waals surface area contributed by atoms with E-state index in [1.165, 1.54) is 0 Å². The third-order valence-corrected chi connectivity index (χ3v) is 3.93. The number of unbranched alkanes of at least 4 members (excludes halogenated alkanes) is 2. The zero-order chi connectivity index (χ0) is 17.1. The molecule has 0 heterocycles. The van der Waals surface area contributed by atoms with E-state index in [-0.39, 0.29) is 0 Å². The van der Waals surface area contributed by atoms with E-state index in [1.807, 2.05) is 36.4 Å². The third kappa shape index (κ3) is 5.32. The summed E-state index contributed by atoms with van der Waals surface area (Å²) in [6, 6.07) is 13.6. The summed E-state index contributed by atoms with van der Waals surface area (Å²) in [4.78, 5) is 2.37. The molecule has 23 heavy (non-hydrogen) atoms. The molecule has 0 saturated carbocycles. The van der Waals surface area contributed by atoms with Gasteiger partial charge < -0.3 is 4.90 Å². The molecule has 0 bridgehead atoms. The summed E-state index contributed by atoms with van der Waals surface area (Å²) in [7, 11) is 0. The molecule has 0 saturated heterocycles. The molecule has 1 aromatic carbocycles. The Labute approximate surface area is 139 Å². The molecule has 0 aromatic heterocycles. The fourth-order valence-electron chi connectivity index (χ4n) is 2.48. The van der Waals surface area contributed by atoms with Crippen LogP contribution >= 0.6 is 0 Å². The normalized spacial score (nSPS) is 11.3. The molecule has 120 valence electrons. The van der Waals surface area contributed by atoms with Crippen molar-refractivity contribution < 1.29 is 0 Å². The fraction of sp³-hybridized carbons (Fsp3) is 0.526. The molecule has 4 nitrogen and oxygen atoms in total. The quantitative estimate of drug-likeness (QED) is 0.679. The fourth-order valence-corrected chi connectivity index (χ4v) is 2.48. The topological polar surface area (TPSA) is 74.6 Å². The number of anilines is 1. The first-order chi connectivity index (χ1) is 11.2. The minimum Gasteiger partial charge on any atom is -0.372 e. The molecule has 0 spiro atoms. The Bertz CT molecular complexity index is 564. The highest BCUT2D eigenvalue weighted by molar-refractivity contribution is 5.49. The van der Waals surface area contributed by atoms with Crippen LogP contribution in [-0.2, 0) is 0 Å². The first-order valence-corrected chi connectivity index (χ1v) is 8.25. The predicted octanol–water partition coefficient (Wildman–Crippen LogP) is 4.36. The lowest BCUT2D eigenvalue weighted by atomic mass is 9.89. The van der Waals surface area contributed by atoms with Crippen molar-refractivity contribution >= 4 is 5.69 Å². The van der Waals surface area contributed by atoms with Gasteiger partial charge in [0.25, 0.3) is 0 Å². The number of nitrogens with zero attached hydrogens (tertiary/aromatic N) is 4. The Morgan fingerprint density at radius 3 is 1.78 bits per heavy atom. The lowest BCUT2D eigenvalue weighted by molar-refractivity contribution is 0.677. The van der Waals surface area contributed by atoms with Crippen molar-refractivity contribution in [2.45, 2.75) is 45.4 Å². The van der Waals surface area contributed by atoms with Crippen molar-refractivity contribution in [1.29, 1.82) is 15.8 Å². The van der Waals surface area contributed by atoms with Gasteiger partial charge in [0, 0.05) is 18.8 Å². The highest BCUT2D eigenvalue weighted by Gasteiger charge is 2.22. The average Bonchev–Trinajstić information content (AvgIpc) is 2.60. The lowest BCUT2D eigenvalue weighted by Crippen LogP contribution is -2.25. The van der Waals surface area contributed by atoms with Crippen LogP contribution in [-0.4, -0.2) is 13.1 Å². The summed E-state index contributed by atoms with van der Waals surface area (Å²) in [5.74, 6) is -1.62. The maximum Gasteiger partial charge on any atom is 0.153 e. The van der Waals surface area contributed by atoms with Gasteiger partial charge >= 0.3 is 0 Å². The summed E-state index contributed by atoms with van der Waals surface area (Å²) in [5.41, 5.74) is 1.87. The van der Waals surface area contributed by atoms with Gasteiger partial charge in [-0.3, -0.25) is 0 Å². The molecule has 4 heteroatoms. The van der Waals surface area contributed by atoms with Crippen molar-refractivity contribution in [2.75, 3.05) is 18.0 Å². The van der Waals surface area contributed by atoms with E-state index in [0.29, 0.717) is 0 Å². The van der Waals surface area contributed by atoms with Gasteiger partial charge in [-0.15, -0.1) is 0 Å². The maximum atomic E-state index is 9.26. The minimum atomic E-state index is -0.929. The van der Waals surface area contributed by atoms with Crippen LogP contribution in [0.5, 0.6) is 0 Å². The standard InChI is InChI=1S/C19H24N4/c1-3-5-11-23(12-6-4-2)18-9-7-16(8-10-18)19(15-22)17(13-20)14-21/h7-10,17,19H,3-6,11-12H2,1-2H3. The van der Waals surface area contributed by atoms with Crippen LogP contribution in [0.3, 0.4) is 0 Å². The van der Waals surface area contributed by atoms with Crippen LogP contribution in [0.25, 0.3) is 0 Å². The highest BCUT2D eigenvalue weighted by atomic mass is 15.1. The number of hydrogen-bond donors (Lipinski definition) is 0. The van der Waals surface area contributed by atoms with Crippen LogP contribution < -0.4 is 4.90 Å². The van der Waals surface area contributed by atoms with E-state index in [2.05, 4.69) is 24.8 Å². The van der Waals surface area contributed by atoms with Gasteiger partial charge in [0.05, 0.1) is 18.2 Å². The second kappa shape index (κ2) is 10.3. The molecule has 1 aromatic rings. The first kappa shape index (κ1) is 18.5. The zero-order valence-electron chi connectivity index (χ0n) is 14.0. The largest absolute Gasteiger partial charge is 0.372 e. The minimum absolute atomic E-state index is 0.696. The number of hydrogen-bond acceptors (Lipinski definition) is 4. The van der Waals surface area contributed by atoms with Crippen molar-refractivity contribution in [3.63, 3.8) is 0 Å². The highest BCUT2D eigenvalue weighted by Crippen LogP contribution is 2.26. The zero-order valence-corrected chi connectivity index (χ0v) is 14.0. The predicted molar refractivity (Wildman–Crippen MR) is 91.5 cm³/mol. The molecule has 1 unspecified atom stereocenters. The third-order valence-electron chi connectivity index (χ3n) is 3.93. The average molecular weight is 308 g/mol. The molecule has 0 aliphatic carbocycles. The van der Waals surface area contributed by atoms with Gasteiger partial charge in [-0.2, -0.15) is 15.8 Å². The van der Waals surface area contributed by atoms with Crippen LogP contribution in [0.4, 0.5) is 5.69 Å². The Kier molecular flexibility index (Phi) is 8.27. The maximum absolute atomic E-state index is 9.26. The molecular weight excluding hydrogens is 284 g/mol. The van der Waals surface area contributed by atoms with Gasteiger partial charge in [-0.25, -0.2) is 0 Å². The monoisotopic (exact) mass is 308 g/mol. The first-order valence-electron chi connectivity index (χ1n) is 8.25. The summed E-state index contributed by atoms with van der Waals surface area (Å²) < 4.78 is 0. The smallest absolute Gasteiger partial charge is 0.153 e. The van der Waals surface area contributed by atoms with Gasteiger partial charge in [-0.1, -0.05) is 38.8 Å². The lowest BCUT2D eigenvalue weighted by Gasteiger charge is -2.25. The van der Waals surface area contributed by atoms with Crippen LogP contribution in [0.2, 0.25) is 0 Å². The number of rotatable bonds is 9. The Balaban J connectivity index is 2.94. The van der Waals surface area contributed by atoms with Crippen LogP contribution in [0.15, 0.2) is 24.3 Å². The molecule has 0 fully saturated rings. The van der Waals surface area contributed by atoms with E-state index in [9.17, 15) is 5.26 Å². The second-order valence-corrected chi connectivity index (χ2v) is 5.63. The summed E-state index contributed by atoms with van der Waals surface area (Å²) in [6.07, 6.45) is 4.61. The van der Waals surface area contributed by atoms with Crippen molar-refractivity contribution in [1.82, 2.24) is 0 Å². The van der Waals surface area contributed by atoms with Crippen molar-refractivity contribution in [2.24, 2.45) is 5.92 Å². The number of benzene rings is 1. The van der Waals surface area contributed by atoms with Crippen LogP contribution in [0, 0.1) is 39.9 Å². The Morgan fingerprint density at radius 2 is 1.39 bits per heavy atom. The molecule has 0 amide bonds. The molecule has 0 aliphatic rings. The Hall–Kier alpha value is -2.51. The second-order valence-electron chi connectivity index (χ2n) is 5.63. The summed E-state index contributed by atoms with van der Waals surface area (Å²) in [6.45, 7) is 6.41.